The predicted octanol–water partition coefficient (Wildman–Crippen LogP) is 10.7. The van der Waals surface area contributed by atoms with Crippen LogP contribution in [0.5, 0.6) is 0 Å². The third-order valence-electron chi connectivity index (χ3n) is 10.4. The summed E-state index contributed by atoms with van der Waals surface area (Å²) in [5.74, 6) is 0.420. The summed E-state index contributed by atoms with van der Waals surface area (Å²) in [6, 6.07) is 53.3. The first-order valence-electron chi connectivity index (χ1n) is 16.2. The van der Waals surface area contributed by atoms with Crippen molar-refractivity contribution in [2.45, 2.75) is 50.1 Å². The van der Waals surface area contributed by atoms with Gasteiger partial charge in [-0.15, -0.1) is 0 Å². The Labute approximate surface area is 278 Å². The number of hydrogen-bond donors (Lipinski definition) is 0. The minimum Gasteiger partial charge on any atom is -0.0778 e. The van der Waals surface area contributed by atoms with Crippen molar-refractivity contribution in [3.8, 4) is 0 Å². The second kappa shape index (κ2) is 11.9. The Morgan fingerprint density at radius 2 is 1.22 bits per heavy atom. The second-order valence-corrected chi connectivity index (χ2v) is 19.8. The van der Waals surface area contributed by atoms with Crippen molar-refractivity contribution in [2.75, 3.05) is 0 Å². The summed E-state index contributed by atoms with van der Waals surface area (Å²) in [6.45, 7) is 7.49. The van der Waals surface area contributed by atoms with E-state index in [2.05, 4.69) is 188 Å². The van der Waals surface area contributed by atoms with E-state index in [0.29, 0.717) is 5.92 Å². The summed E-state index contributed by atoms with van der Waals surface area (Å²) in [4.78, 5) is 0. The first-order valence-corrected chi connectivity index (χ1v) is 19.2. The van der Waals surface area contributed by atoms with Gasteiger partial charge < -0.3 is 0 Å². The molecule has 1 spiro atoms. The summed E-state index contributed by atoms with van der Waals surface area (Å²) in [5.41, 5.74) is 8.26. The van der Waals surface area contributed by atoms with Gasteiger partial charge >= 0.3 is 0 Å². The van der Waals surface area contributed by atoms with Gasteiger partial charge in [-0.1, -0.05) is 187 Å². The van der Waals surface area contributed by atoms with Crippen LogP contribution in [0.15, 0.2) is 156 Å². The zero-order chi connectivity index (χ0) is 31.1. The van der Waals surface area contributed by atoms with Crippen LogP contribution < -0.4 is 10.4 Å². The van der Waals surface area contributed by atoms with E-state index in [9.17, 15) is 0 Å². The molecular weight excluding hydrogens is 624 g/mol. The van der Waals surface area contributed by atoms with Crippen LogP contribution in [0.3, 0.4) is 0 Å². The number of hydrogen-bond acceptors (Lipinski definition) is 0. The molecular formula is C43H41BrSi. The summed E-state index contributed by atoms with van der Waals surface area (Å²) >= 11 is 3.82. The highest BCUT2D eigenvalue weighted by Crippen LogP contribution is 2.56. The van der Waals surface area contributed by atoms with Crippen molar-refractivity contribution in [1.29, 1.82) is 0 Å². The SMILES string of the molecule is CC(C)(C)[Si](C[C@H]1C=C(c2ccccc2)C[C@@]2(C=C(c3ccccc3)c3cc(Br)ccc32)C1)(c1ccccc1)c1ccccc1. The monoisotopic (exact) mass is 664 g/mol. The molecule has 0 fully saturated rings. The van der Waals surface area contributed by atoms with Crippen molar-refractivity contribution >= 4 is 45.5 Å². The molecule has 0 unspecified atom stereocenters. The molecule has 0 nitrogen and oxygen atoms in total. The maximum absolute atomic E-state index is 3.82. The molecule has 2 aliphatic rings. The average molecular weight is 666 g/mol. The lowest BCUT2D eigenvalue weighted by molar-refractivity contribution is 0.425. The smallest absolute Gasteiger partial charge is 0.0778 e. The number of rotatable bonds is 6. The lowest BCUT2D eigenvalue weighted by atomic mass is 9.67. The Morgan fingerprint density at radius 3 is 1.78 bits per heavy atom. The molecule has 224 valence electrons. The molecule has 5 aromatic rings. The fourth-order valence-electron chi connectivity index (χ4n) is 8.45. The van der Waals surface area contributed by atoms with Crippen LogP contribution in [-0.4, -0.2) is 8.07 Å². The van der Waals surface area contributed by atoms with E-state index in [1.165, 1.54) is 49.8 Å². The van der Waals surface area contributed by atoms with Crippen molar-refractivity contribution < 1.29 is 0 Å². The largest absolute Gasteiger partial charge is 0.123 e. The fraction of sp³-hybridized carbons (Fsp3) is 0.209. The predicted molar refractivity (Wildman–Crippen MR) is 199 cm³/mol. The number of benzene rings is 5. The van der Waals surface area contributed by atoms with Gasteiger partial charge in [0.2, 0.25) is 0 Å². The van der Waals surface area contributed by atoms with E-state index >= 15 is 0 Å². The van der Waals surface area contributed by atoms with Crippen molar-refractivity contribution in [1.82, 2.24) is 0 Å². The third kappa shape index (κ3) is 5.43. The Bertz CT molecular complexity index is 1810. The lowest BCUT2D eigenvalue weighted by Crippen LogP contribution is -2.65. The van der Waals surface area contributed by atoms with E-state index < -0.39 is 8.07 Å². The van der Waals surface area contributed by atoms with Crippen LogP contribution >= 0.6 is 15.9 Å². The molecule has 2 aliphatic carbocycles. The summed E-state index contributed by atoms with van der Waals surface area (Å²) in [5, 5.41) is 3.19. The molecule has 0 aliphatic heterocycles. The summed E-state index contributed by atoms with van der Waals surface area (Å²) in [6.07, 6.45) is 7.44. The maximum atomic E-state index is 3.82. The summed E-state index contributed by atoms with van der Waals surface area (Å²) in [7, 11) is -2.29. The van der Waals surface area contributed by atoms with Gasteiger partial charge in [0.15, 0.2) is 0 Å². The molecule has 5 aromatic carbocycles. The van der Waals surface area contributed by atoms with Gasteiger partial charge in [-0.3, -0.25) is 0 Å². The van der Waals surface area contributed by atoms with Gasteiger partial charge in [-0.25, -0.2) is 0 Å². The average Bonchev–Trinajstić information content (AvgIpc) is 3.36. The van der Waals surface area contributed by atoms with Crippen molar-refractivity contribution in [3.05, 3.63) is 178 Å². The Hall–Kier alpha value is -3.72. The number of halogens is 1. The molecule has 0 saturated carbocycles. The topological polar surface area (TPSA) is 0 Å². The third-order valence-corrected chi connectivity index (χ3v) is 17.2. The quantitative estimate of drug-likeness (QED) is 0.158. The molecule has 0 heterocycles. The molecule has 0 aromatic heterocycles. The maximum Gasteiger partial charge on any atom is 0.123 e. The highest BCUT2D eigenvalue weighted by Gasteiger charge is 2.51. The first kappa shape index (κ1) is 30.0. The minimum atomic E-state index is -2.29. The Kier molecular flexibility index (Phi) is 7.92. The van der Waals surface area contributed by atoms with Crippen LogP contribution in [0.25, 0.3) is 11.1 Å². The molecule has 2 heteroatoms. The molecule has 0 N–H and O–H groups in total. The lowest BCUT2D eigenvalue weighted by Gasteiger charge is -2.48. The van der Waals surface area contributed by atoms with E-state index in [4.69, 9.17) is 0 Å². The Morgan fingerprint density at radius 1 is 0.689 bits per heavy atom. The zero-order valence-electron chi connectivity index (χ0n) is 26.5. The normalized spacial score (nSPS) is 19.6. The van der Waals surface area contributed by atoms with Crippen molar-refractivity contribution in [3.63, 3.8) is 0 Å². The van der Waals surface area contributed by atoms with E-state index in [-0.39, 0.29) is 10.5 Å². The highest BCUT2D eigenvalue weighted by molar-refractivity contribution is 9.10. The standard InChI is InChI=1S/C43H41BrSi/c1-42(2,3)45(37-20-12-6-13-21-37,38-22-14-7-15-23-38)31-32-26-35(33-16-8-4-9-17-33)29-43(28-32)30-40(34-18-10-5-11-19-34)39-27-36(44)24-25-41(39)43/h4-27,30,32H,28-29,31H2,1-3H3/t32-,43+/m0/s1. The molecule has 7 rings (SSSR count). The van der Waals surface area contributed by atoms with E-state index in [0.717, 1.165) is 17.3 Å². The highest BCUT2D eigenvalue weighted by atomic mass is 79.9. The number of fused-ring (bicyclic) bond motifs is 2. The fourth-order valence-corrected chi connectivity index (χ4v) is 14.5. The van der Waals surface area contributed by atoms with Gasteiger partial charge in [0.05, 0.1) is 0 Å². The first-order chi connectivity index (χ1) is 21.8. The van der Waals surface area contributed by atoms with Gasteiger partial charge in [-0.05, 0) is 75.4 Å². The number of allylic oxidation sites excluding steroid dienone is 3. The van der Waals surface area contributed by atoms with Crippen LogP contribution in [0.2, 0.25) is 11.1 Å². The van der Waals surface area contributed by atoms with Gasteiger partial charge in [0.1, 0.15) is 8.07 Å². The Balaban J connectivity index is 1.43. The van der Waals surface area contributed by atoms with Crippen LogP contribution in [0.4, 0.5) is 0 Å². The molecule has 0 radical (unpaired) electrons. The van der Waals surface area contributed by atoms with Gasteiger partial charge in [-0.2, -0.15) is 0 Å². The zero-order valence-corrected chi connectivity index (χ0v) is 29.1. The van der Waals surface area contributed by atoms with Crippen molar-refractivity contribution in [2.24, 2.45) is 5.92 Å². The van der Waals surface area contributed by atoms with Crippen LogP contribution in [0.1, 0.15) is 55.9 Å². The van der Waals surface area contributed by atoms with Crippen LogP contribution in [-0.2, 0) is 5.41 Å². The van der Waals surface area contributed by atoms with Gasteiger partial charge in [0.25, 0.3) is 0 Å². The van der Waals surface area contributed by atoms with E-state index in [1.54, 1.807) is 0 Å². The molecule has 0 bridgehead atoms. The minimum absolute atomic E-state index is 0.0722. The summed E-state index contributed by atoms with van der Waals surface area (Å²) < 4.78 is 1.14. The molecule has 0 saturated heterocycles. The van der Waals surface area contributed by atoms with Gasteiger partial charge in [0, 0.05) is 9.89 Å². The van der Waals surface area contributed by atoms with Crippen LogP contribution in [0, 0.1) is 5.92 Å². The molecule has 45 heavy (non-hydrogen) atoms. The molecule has 0 amide bonds. The van der Waals surface area contributed by atoms with E-state index in [1.807, 2.05) is 0 Å². The molecule has 2 atom stereocenters. The second-order valence-electron chi connectivity index (χ2n) is 14.1.